The molecule has 0 radical (unpaired) electrons. The molecule has 0 spiro atoms. The van der Waals surface area contributed by atoms with Gasteiger partial charge >= 0.3 is 0 Å². The number of aliphatic hydroxyl groups excluding tert-OH is 1. The summed E-state index contributed by atoms with van der Waals surface area (Å²) in [6.45, 7) is 6.03. The fourth-order valence-corrected chi connectivity index (χ4v) is 4.75. The summed E-state index contributed by atoms with van der Waals surface area (Å²) >= 11 is 0. The third-order valence-corrected chi connectivity index (χ3v) is 6.51. The average Bonchev–Trinajstić information content (AvgIpc) is 3.40. The molecule has 0 amide bonds. The number of phenols is 1. The molecular weight excluding hydrogens is 395 g/mol. The first-order chi connectivity index (χ1) is 14.8. The summed E-state index contributed by atoms with van der Waals surface area (Å²) in [6.07, 6.45) is 1.21. The summed E-state index contributed by atoms with van der Waals surface area (Å²) in [6, 6.07) is 10.7. The van der Waals surface area contributed by atoms with E-state index in [1.165, 1.54) is 6.07 Å². The maximum absolute atomic E-state index is 14.0. The molecule has 1 saturated carbocycles. The van der Waals surface area contributed by atoms with Crippen molar-refractivity contribution in [3.63, 3.8) is 0 Å². The number of aryl methyl sites for hydroxylation is 1. The third-order valence-electron chi connectivity index (χ3n) is 6.51. The van der Waals surface area contributed by atoms with Gasteiger partial charge in [0.05, 0.1) is 5.52 Å². The first-order valence-corrected chi connectivity index (χ1v) is 10.8. The largest absolute Gasteiger partial charge is 0.508 e. The lowest BCUT2D eigenvalue weighted by Crippen LogP contribution is -2.39. The van der Waals surface area contributed by atoms with E-state index in [1.54, 1.807) is 19.1 Å². The smallest absolute Gasteiger partial charge is 0.182 e. The molecule has 162 valence electrons. The van der Waals surface area contributed by atoms with E-state index >= 15 is 0 Å². The molecule has 0 bridgehead atoms. The monoisotopic (exact) mass is 422 g/mol. The van der Waals surface area contributed by atoms with E-state index in [1.807, 2.05) is 18.2 Å². The summed E-state index contributed by atoms with van der Waals surface area (Å²) in [7, 11) is 0. The van der Waals surface area contributed by atoms with Crippen LogP contribution in [0.4, 0.5) is 10.2 Å². The number of rotatable bonds is 5. The first kappa shape index (κ1) is 20.2. The number of hydrogen-bond donors (Lipinski definition) is 3. The van der Waals surface area contributed by atoms with Crippen LogP contribution in [-0.4, -0.2) is 33.6 Å². The number of hydrogen-bond acceptors (Lipinski definition) is 5. The molecular formula is C25H27FN2O3. The fraction of sp³-hybridized carbons (Fsp3) is 0.400. The van der Waals surface area contributed by atoms with Gasteiger partial charge in [-0.3, -0.25) is 0 Å². The van der Waals surface area contributed by atoms with Crippen LogP contribution in [0.3, 0.4) is 0 Å². The maximum atomic E-state index is 14.0. The van der Waals surface area contributed by atoms with Crippen molar-refractivity contribution in [3.05, 3.63) is 53.3 Å². The number of epoxide rings is 1. The molecule has 1 aliphatic carbocycles. The number of nitrogens with one attached hydrogen (secondary N) is 1. The number of pyridine rings is 1. The highest BCUT2D eigenvalue weighted by atomic mass is 19.1. The minimum absolute atomic E-state index is 0.0260. The molecule has 2 aromatic carbocycles. The van der Waals surface area contributed by atoms with Gasteiger partial charge in [0.1, 0.15) is 23.5 Å². The highest BCUT2D eigenvalue weighted by molar-refractivity contribution is 5.99. The summed E-state index contributed by atoms with van der Waals surface area (Å²) in [5.41, 5.74) is 4.32. The Bertz CT molecular complexity index is 1160. The Hall–Kier alpha value is -2.70. The van der Waals surface area contributed by atoms with Crippen LogP contribution in [0.25, 0.3) is 22.0 Å². The lowest BCUT2D eigenvalue weighted by molar-refractivity contribution is 0.154. The molecule has 1 aromatic heterocycles. The fourth-order valence-electron chi connectivity index (χ4n) is 4.75. The maximum Gasteiger partial charge on any atom is 0.182 e. The van der Waals surface area contributed by atoms with E-state index in [-0.39, 0.29) is 29.6 Å². The van der Waals surface area contributed by atoms with Gasteiger partial charge in [-0.15, -0.1) is 0 Å². The summed E-state index contributed by atoms with van der Waals surface area (Å²) in [5.74, 6) is 1.28. The van der Waals surface area contributed by atoms with Crippen molar-refractivity contribution in [2.24, 2.45) is 5.92 Å². The Morgan fingerprint density at radius 1 is 1.16 bits per heavy atom. The Balaban J connectivity index is 1.61. The highest BCUT2D eigenvalue weighted by Gasteiger charge is 2.49. The van der Waals surface area contributed by atoms with Crippen molar-refractivity contribution >= 4 is 16.7 Å². The van der Waals surface area contributed by atoms with Crippen molar-refractivity contribution in [1.29, 1.82) is 0 Å². The van der Waals surface area contributed by atoms with Crippen LogP contribution in [0.2, 0.25) is 0 Å². The zero-order chi connectivity index (χ0) is 21.9. The molecule has 5 rings (SSSR count). The lowest BCUT2D eigenvalue weighted by Gasteiger charge is -2.36. The average molecular weight is 423 g/mol. The van der Waals surface area contributed by atoms with E-state index in [9.17, 15) is 14.6 Å². The number of anilines is 1. The Morgan fingerprint density at radius 2 is 1.90 bits per heavy atom. The molecule has 2 atom stereocenters. The molecule has 2 fully saturated rings. The summed E-state index contributed by atoms with van der Waals surface area (Å²) < 4.78 is 19.2. The Kier molecular flexibility index (Phi) is 4.87. The second kappa shape index (κ2) is 7.46. The second-order valence-electron chi connectivity index (χ2n) is 9.13. The zero-order valence-electron chi connectivity index (χ0n) is 17.9. The minimum atomic E-state index is -0.604. The normalized spacial score (nSPS) is 25.0. The van der Waals surface area contributed by atoms with Gasteiger partial charge in [-0.05, 0) is 72.6 Å². The molecule has 2 heterocycles. The number of aliphatic hydroxyl groups is 1. The van der Waals surface area contributed by atoms with Crippen LogP contribution in [0.1, 0.15) is 43.7 Å². The van der Waals surface area contributed by atoms with Crippen molar-refractivity contribution in [1.82, 2.24) is 4.98 Å². The number of aromatic nitrogens is 1. The molecule has 2 aliphatic rings. The summed E-state index contributed by atoms with van der Waals surface area (Å²) in [4.78, 5) is 4.88. The number of fused-ring (bicyclic) bond motifs is 1. The number of phenolic OH excluding ortho intramolecular Hbond substituents is 1. The molecule has 3 N–H and O–H groups in total. The molecule has 6 heteroatoms. The number of halogens is 1. The van der Waals surface area contributed by atoms with Gasteiger partial charge in [-0.25, -0.2) is 9.37 Å². The van der Waals surface area contributed by atoms with E-state index in [0.29, 0.717) is 17.0 Å². The van der Waals surface area contributed by atoms with Gasteiger partial charge in [0.25, 0.3) is 0 Å². The lowest BCUT2D eigenvalue weighted by atomic mass is 9.77. The Labute approximate surface area is 180 Å². The van der Waals surface area contributed by atoms with Crippen molar-refractivity contribution in [2.45, 2.75) is 58.0 Å². The quantitative estimate of drug-likeness (QED) is 0.500. The third kappa shape index (κ3) is 3.64. The van der Waals surface area contributed by atoms with Crippen LogP contribution in [-0.2, 0) is 4.74 Å². The predicted molar refractivity (Wildman–Crippen MR) is 119 cm³/mol. The topological polar surface area (TPSA) is 77.9 Å². The number of nitrogens with zero attached hydrogens (tertiary/aromatic N) is 1. The van der Waals surface area contributed by atoms with Crippen LogP contribution >= 0.6 is 0 Å². The van der Waals surface area contributed by atoms with Gasteiger partial charge < -0.3 is 20.3 Å². The number of benzene rings is 2. The number of aromatic hydroxyl groups is 1. The van der Waals surface area contributed by atoms with Crippen LogP contribution in [0.15, 0.2) is 36.4 Å². The van der Waals surface area contributed by atoms with Gasteiger partial charge in [-0.1, -0.05) is 19.9 Å². The Morgan fingerprint density at radius 3 is 2.55 bits per heavy atom. The SMILES string of the molecule is Cc1cc(-c2c(C(C)C)c(N[C@H]3C[C@@H](C4OC4O)C3)nc3cc(O)ccc23)ccc1F. The van der Waals surface area contributed by atoms with Gasteiger partial charge in [0.2, 0.25) is 0 Å². The molecule has 31 heavy (non-hydrogen) atoms. The molecule has 3 aromatic rings. The minimum Gasteiger partial charge on any atom is -0.508 e. The van der Waals surface area contributed by atoms with Crippen molar-refractivity contribution in [3.8, 4) is 16.9 Å². The van der Waals surface area contributed by atoms with E-state index in [0.717, 1.165) is 40.7 Å². The number of ether oxygens (including phenoxy) is 1. The van der Waals surface area contributed by atoms with Crippen molar-refractivity contribution in [2.75, 3.05) is 5.32 Å². The molecule has 5 nitrogen and oxygen atoms in total. The highest BCUT2D eigenvalue weighted by Crippen LogP contribution is 2.44. The molecule has 1 saturated heterocycles. The zero-order valence-corrected chi connectivity index (χ0v) is 17.9. The van der Waals surface area contributed by atoms with Crippen molar-refractivity contribution < 1.29 is 19.3 Å². The first-order valence-electron chi connectivity index (χ1n) is 10.8. The predicted octanol–water partition coefficient (Wildman–Crippen LogP) is 5.09. The second-order valence-corrected chi connectivity index (χ2v) is 9.13. The van der Waals surface area contributed by atoms with E-state index in [4.69, 9.17) is 9.72 Å². The van der Waals surface area contributed by atoms with Gasteiger partial charge in [0.15, 0.2) is 6.29 Å². The van der Waals surface area contributed by atoms with Gasteiger partial charge in [-0.2, -0.15) is 0 Å². The summed E-state index contributed by atoms with van der Waals surface area (Å²) in [5, 5.41) is 24.1. The molecule has 1 aliphatic heterocycles. The van der Waals surface area contributed by atoms with Crippen LogP contribution in [0.5, 0.6) is 5.75 Å². The van der Waals surface area contributed by atoms with Gasteiger partial charge in [0, 0.05) is 23.1 Å². The molecule has 2 unspecified atom stereocenters. The van der Waals surface area contributed by atoms with Crippen LogP contribution < -0.4 is 5.32 Å². The van der Waals surface area contributed by atoms with E-state index < -0.39 is 6.29 Å². The van der Waals surface area contributed by atoms with Crippen LogP contribution in [0, 0.1) is 18.7 Å². The standard InChI is InChI=1S/C25H27FN2O3/c1-12(2)21-22(14-4-7-19(26)13(3)8-14)18-6-5-17(29)11-20(18)28-24(21)27-16-9-15(10-16)23-25(30)31-23/h4-8,11-12,15-16,23,25,29-30H,9-10H2,1-3H3,(H,27,28)/t15-,16+,23?,25?. The van der Waals surface area contributed by atoms with E-state index in [2.05, 4.69) is 19.2 Å².